The molecule has 0 amide bonds. The maximum atomic E-state index is 12.3. The Morgan fingerprint density at radius 2 is 2.00 bits per heavy atom. The number of benzene rings is 1. The van der Waals surface area contributed by atoms with E-state index >= 15 is 0 Å². The van der Waals surface area contributed by atoms with Gasteiger partial charge >= 0.3 is 0 Å². The zero-order valence-corrected chi connectivity index (χ0v) is 11.6. The number of nitrogens with zero attached hydrogens (tertiary/aromatic N) is 1. The van der Waals surface area contributed by atoms with Crippen molar-refractivity contribution < 1.29 is 13.2 Å². The van der Waals surface area contributed by atoms with Gasteiger partial charge in [0.25, 0.3) is 0 Å². The minimum atomic E-state index is -3.30. The van der Waals surface area contributed by atoms with Crippen LogP contribution in [0.5, 0.6) is 5.75 Å². The normalized spacial score (nSPS) is 15.0. The van der Waals surface area contributed by atoms with Gasteiger partial charge in [-0.2, -0.15) is 0 Å². The Kier molecular flexibility index (Phi) is 3.44. The molecule has 2 aromatic rings. The smallest absolute Gasteiger partial charge is 0.185 e. The molecule has 0 N–H and O–H groups in total. The molecule has 5 heteroatoms. The van der Waals surface area contributed by atoms with E-state index in [0.29, 0.717) is 12.4 Å². The standard InChI is InChI=1S/C15H14NO3S/c17-20(18,13-6-7-13)15-8-9-16-10-14(15)19-11-12-4-2-1-3-5-12/h1-5,8,10,13H,6-7,11H2. The molecule has 1 aromatic carbocycles. The zero-order chi connectivity index (χ0) is 14.0. The third-order valence-electron chi connectivity index (χ3n) is 3.20. The lowest BCUT2D eigenvalue weighted by molar-refractivity contribution is 0.296. The molecule has 0 bridgehead atoms. The highest BCUT2D eigenvalue weighted by atomic mass is 32.2. The van der Waals surface area contributed by atoms with Crippen molar-refractivity contribution in [2.24, 2.45) is 0 Å². The molecule has 1 fully saturated rings. The summed E-state index contributed by atoms with van der Waals surface area (Å²) in [5, 5.41) is -0.266. The van der Waals surface area contributed by atoms with Gasteiger partial charge in [0.15, 0.2) is 15.6 Å². The largest absolute Gasteiger partial charge is 0.486 e. The minimum absolute atomic E-state index is 0.200. The van der Waals surface area contributed by atoms with Crippen LogP contribution < -0.4 is 4.74 Å². The molecule has 1 aromatic heterocycles. The monoisotopic (exact) mass is 288 g/mol. The van der Waals surface area contributed by atoms with Gasteiger partial charge in [-0.15, -0.1) is 0 Å². The Morgan fingerprint density at radius 1 is 1.25 bits per heavy atom. The molecular weight excluding hydrogens is 274 g/mol. The minimum Gasteiger partial charge on any atom is -0.486 e. The molecule has 0 unspecified atom stereocenters. The lowest BCUT2D eigenvalue weighted by atomic mass is 10.2. The van der Waals surface area contributed by atoms with Crippen LogP contribution in [0.2, 0.25) is 0 Å². The highest BCUT2D eigenvalue weighted by Gasteiger charge is 2.38. The van der Waals surface area contributed by atoms with Gasteiger partial charge in [0, 0.05) is 0 Å². The summed E-state index contributed by atoms with van der Waals surface area (Å²) >= 11 is 0. The predicted molar refractivity (Wildman–Crippen MR) is 74.1 cm³/mol. The van der Waals surface area contributed by atoms with Crippen LogP contribution in [0, 0.1) is 6.20 Å². The van der Waals surface area contributed by atoms with Crippen LogP contribution in [0.4, 0.5) is 0 Å². The van der Waals surface area contributed by atoms with Gasteiger partial charge in [0.2, 0.25) is 0 Å². The molecule has 103 valence electrons. The van der Waals surface area contributed by atoms with Crippen LogP contribution in [0.15, 0.2) is 47.5 Å². The first-order chi connectivity index (χ1) is 9.68. The molecule has 1 radical (unpaired) electrons. The summed E-state index contributed by atoms with van der Waals surface area (Å²) in [6.45, 7) is 0.319. The lowest BCUT2D eigenvalue weighted by Gasteiger charge is -2.11. The highest BCUT2D eigenvalue weighted by molar-refractivity contribution is 7.92. The van der Waals surface area contributed by atoms with Gasteiger partial charge < -0.3 is 4.74 Å². The maximum Gasteiger partial charge on any atom is 0.185 e. The van der Waals surface area contributed by atoms with Crippen molar-refractivity contribution >= 4 is 9.84 Å². The first-order valence-corrected chi connectivity index (χ1v) is 7.99. The second-order valence-corrected chi connectivity index (χ2v) is 6.98. The van der Waals surface area contributed by atoms with Gasteiger partial charge in [-0.1, -0.05) is 30.3 Å². The van der Waals surface area contributed by atoms with Crippen LogP contribution in [0.3, 0.4) is 0 Å². The fraction of sp³-hybridized carbons (Fsp3) is 0.267. The maximum absolute atomic E-state index is 12.3. The average molecular weight is 288 g/mol. The summed E-state index contributed by atoms with van der Waals surface area (Å²) in [4.78, 5) is 4.04. The van der Waals surface area contributed by atoms with E-state index in [2.05, 4.69) is 11.2 Å². The first-order valence-electron chi connectivity index (χ1n) is 6.44. The second-order valence-electron chi connectivity index (χ2n) is 4.78. The van der Waals surface area contributed by atoms with Crippen LogP contribution >= 0.6 is 0 Å². The van der Waals surface area contributed by atoms with E-state index in [-0.39, 0.29) is 10.1 Å². The van der Waals surface area contributed by atoms with Gasteiger partial charge in [0.05, 0.1) is 17.6 Å². The number of rotatable bonds is 5. The molecule has 3 rings (SSSR count). The van der Waals surface area contributed by atoms with Crippen LogP contribution in [0.1, 0.15) is 18.4 Å². The number of pyridine rings is 1. The number of sulfone groups is 1. The summed E-state index contributed by atoms with van der Waals surface area (Å²) in [5.74, 6) is 0.305. The SMILES string of the molecule is O=S(=O)(c1c[c]ncc1OCc1ccccc1)C1CC1. The molecule has 4 nitrogen and oxygen atoms in total. The Bertz CT molecular complexity index is 694. The molecule has 1 heterocycles. The van der Waals surface area contributed by atoms with E-state index in [1.807, 2.05) is 30.3 Å². The van der Waals surface area contributed by atoms with Gasteiger partial charge in [-0.3, -0.25) is 4.98 Å². The van der Waals surface area contributed by atoms with Crippen molar-refractivity contribution in [1.29, 1.82) is 0 Å². The van der Waals surface area contributed by atoms with E-state index in [9.17, 15) is 8.42 Å². The molecule has 0 spiro atoms. The predicted octanol–water partition coefficient (Wildman–Crippen LogP) is 2.40. The first kappa shape index (κ1) is 13.1. The third kappa shape index (κ3) is 2.67. The van der Waals surface area contributed by atoms with Crippen molar-refractivity contribution in [2.45, 2.75) is 29.6 Å². The summed E-state index contributed by atoms with van der Waals surface area (Å²) in [5.41, 5.74) is 0.982. The number of hydrogen-bond acceptors (Lipinski definition) is 4. The van der Waals surface area contributed by atoms with Crippen molar-refractivity contribution in [1.82, 2.24) is 4.98 Å². The molecule has 0 atom stereocenters. The van der Waals surface area contributed by atoms with Crippen LogP contribution in [-0.2, 0) is 16.4 Å². The highest BCUT2D eigenvalue weighted by Crippen LogP contribution is 2.36. The van der Waals surface area contributed by atoms with Crippen LogP contribution in [-0.4, -0.2) is 18.7 Å². The quantitative estimate of drug-likeness (QED) is 0.847. The molecule has 1 saturated carbocycles. The van der Waals surface area contributed by atoms with Crippen molar-refractivity contribution in [2.75, 3.05) is 0 Å². The van der Waals surface area contributed by atoms with E-state index in [1.54, 1.807) is 0 Å². The van der Waals surface area contributed by atoms with E-state index in [1.165, 1.54) is 12.3 Å². The van der Waals surface area contributed by atoms with Gasteiger partial charge in [-0.25, -0.2) is 8.42 Å². The topological polar surface area (TPSA) is 56.3 Å². The third-order valence-corrected chi connectivity index (χ3v) is 5.48. The summed E-state index contributed by atoms with van der Waals surface area (Å²) in [6, 6.07) is 11.0. The zero-order valence-electron chi connectivity index (χ0n) is 10.8. The molecular formula is C15H14NO3S. The Labute approximate surface area is 118 Å². The van der Waals surface area contributed by atoms with Crippen LogP contribution in [0.25, 0.3) is 0 Å². The molecule has 20 heavy (non-hydrogen) atoms. The summed E-state index contributed by atoms with van der Waals surface area (Å²) in [7, 11) is -3.30. The fourth-order valence-electron chi connectivity index (χ4n) is 1.95. The van der Waals surface area contributed by atoms with E-state index < -0.39 is 9.84 Å². The van der Waals surface area contributed by atoms with Crippen molar-refractivity contribution in [3.05, 3.63) is 54.4 Å². The lowest BCUT2D eigenvalue weighted by Crippen LogP contribution is -2.10. The Morgan fingerprint density at radius 3 is 2.70 bits per heavy atom. The molecule has 1 aliphatic carbocycles. The number of hydrogen-bond donors (Lipinski definition) is 0. The summed E-state index contributed by atoms with van der Waals surface area (Å²) in [6.07, 6.45) is 5.44. The number of ether oxygens (including phenoxy) is 1. The molecule has 0 aliphatic heterocycles. The van der Waals surface area contributed by atoms with Crippen molar-refractivity contribution in [3.8, 4) is 5.75 Å². The van der Waals surface area contributed by atoms with Gasteiger partial charge in [-0.05, 0) is 24.5 Å². The molecule has 0 saturated heterocycles. The Balaban J connectivity index is 1.83. The van der Waals surface area contributed by atoms with E-state index in [0.717, 1.165) is 18.4 Å². The fourth-order valence-corrected chi connectivity index (χ4v) is 3.68. The Hall–Kier alpha value is -1.88. The average Bonchev–Trinajstić information content (AvgIpc) is 3.31. The van der Waals surface area contributed by atoms with E-state index in [4.69, 9.17) is 4.74 Å². The van der Waals surface area contributed by atoms with Crippen molar-refractivity contribution in [3.63, 3.8) is 0 Å². The molecule has 1 aliphatic rings. The summed E-state index contributed by atoms with van der Waals surface area (Å²) < 4.78 is 30.2. The number of aromatic nitrogens is 1. The second kappa shape index (κ2) is 5.25. The van der Waals surface area contributed by atoms with Gasteiger partial charge in [0.1, 0.15) is 11.5 Å².